The largest absolute Gasteiger partial charge is 0.328 e. The third kappa shape index (κ3) is 3.96. The Labute approximate surface area is 55.0 Å². The molecule has 0 saturated heterocycles. The average molecular weight is 98.2 g/mol. The zero-order valence-corrected chi connectivity index (χ0v) is 3.08. The molecule has 0 radical (unpaired) electrons. The van der Waals surface area contributed by atoms with E-state index in [2.05, 4.69) is 0 Å². The van der Waals surface area contributed by atoms with Gasteiger partial charge in [0.25, 0.3) is 0 Å². The maximum Gasteiger partial charge on any atom is 0.0460 e. The fourth-order valence-electron chi connectivity index (χ4n) is 0.0673. The maximum atomic E-state index is 7.30. The lowest BCUT2D eigenvalue weighted by Gasteiger charge is -1.96. The molecule has 1 atom stereocenters. The van der Waals surface area contributed by atoms with Crippen molar-refractivity contribution in [3.05, 3.63) is 0 Å². The molecular formula is C5H13N. The fraction of sp³-hybridized carbons (Fsp3) is 1.00. The van der Waals surface area contributed by atoms with Gasteiger partial charge in [-0.3, -0.25) is 0 Å². The molecule has 6 heavy (non-hydrogen) atoms. The zero-order valence-electron chi connectivity index (χ0n) is 14.1. The van der Waals surface area contributed by atoms with E-state index in [-0.39, 0.29) is 0 Å². The third-order valence-electron chi connectivity index (χ3n) is 0.197. The minimum absolute atomic E-state index is 3.37. The van der Waals surface area contributed by atoms with Crippen molar-refractivity contribution < 1.29 is 15.1 Å². The molecule has 0 amide bonds. The van der Waals surface area contributed by atoms with Gasteiger partial charge in [0.05, 0.1) is 0 Å². The second-order valence-corrected chi connectivity index (χ2v) is 0.664. The lowest BCUT2D eigenvalue weighted by atomic mass is 10.2. The summed E-state index contributed by atoms with van der Waals surface area (Å²) in [4.78, 5) is 0. The second kappa shape index (κ2) is 3.16. The predicted octanol–water partition coefficient (Wildman–Crippen LogP) is 1.13. The summed E-state index contributed by atoms with van der Waals surface area (Å²) in [5, 5.41) is 0. The summed E-state index contributed by atoms with van der Waals surface area (Å²) in [7, 11) is 0. The number of hydrogen-bond acceptors (Lipinski definition) is 1. The van der Waals surface area contributed by atoms with Crippen LogP contribution in [0.2, 0.25) is 0 Å². The van der Waals surface area contributed by atoms with Gasteiger partial charge in [0.1, 0.15) is 0 Å². The van der Waals surface area contributed by atoms with Gasteiger partial charge in [-0.15, -0.1) is 0 Å². The van der Waals surface area contributed by atoms with Crippen molar-refractivity contribution in [2.75, 3.05) is 0 Å². The van der Waals surface area contributed by atoms with E-state index in [1.807, 2.05) is 0 Å². The molecule has 1 nitrogen and oxygen atoms in total. The quantitative estimate of drug-likeness (QED) is 0.550. The summed E-state index contributed by atoms with van der Waals surface area (Å²) in [5.41, 5.74) is 4.99. The maximum absolute atomic E-state index is 7.30. The van der Waals surface area contributed by atoms with Crippen molar-refractivity contribution in [2.24, 2.45) is 5.73 Å². The summed E-state index contributed by atoms with van der Waals surface area (Å²) in [6.45, 7) is -6.80. The fourth-order valence-corrected chi connectivity index (χ4v) is 0.0673. The molecule has 0 aromatic carbocycles. The Bertz CT molecular complexity index is 255. The van der Waals surface area contributed by atoms with Crippen LogP contribution in [-0.4, -0.2) is 6.02 Å². The summed E-state index contributed by atoms with van der Waals surface area (Å²) < 4.78 is 77.6. The second-order valence-electron chi connectivity index (χ2n) is 0.664. The Morgan fingerprint density at radius 3 is 3.67 bits per heavy atom. The normalized spacial score (nSPS) is 55.8. The van der Waals surface area contributed by atoms with Crippen LogP contribution in [-0.2, 0) is 0 Å². The standard InChI is InChI=1S/C5H13N/c1-3-4-5(2)6/h5H,3-4,6H2,1-2H3/i1D3,2D3,3D2,4D2,5D. The third-order valence-corrected chi connectivity index (χ3v) is 0.197. The van der Waals surface area contributed by atoms with Crippen LogP contribution in [0, 0.1) is 0 Å². The minimum atomic E-state index is -3.59. The molecule has 0 heterocycles. The summed E-state index contributed by atoms with van der Waals surface area (Å²) in [6, 6.07) is -3.38. The van der Waals surface area contributed by atoms with E-state index in [1.54, 1.807) is 0 Å². The van der Waals surface area contributed by atoms with E-state index in [0.29, 0.717) is 0 Å². The molecular weight excluding hydrogens is 74.1 g/mol. The molecule has 0 aliphatic heterocycles. The molecule has 1 heteroatoms. The molecule has 0 rings (SSSR count). The first kappa shape index (κ1) is 0.576. The minimum Gasteiger partial charge on any atom is -0.328 e. The lowest BCUT2D eigenvalue weighted by Crippen LogP contribution is -2.13. The van der Waals surface area contributed by atoms with Crippen LogP contribution < -0.4 is 5.73 Å². The Hall–Kier alpha value is -0.0400. The van der Waals surface area contributed by atoms with E-state index >= 15 is 0 Å². The van der Waals surface area contributed by atoms with Crippen molar-refractivity contribution in [3.8, 4) is 0 Å². The van der Waals surface area contributed by atoms with Crippen molar-refractivity contribution in [2.45, 2.75) is 32.5 Å². The van der Waals surface area contributed by atoms with Gasteiger partial charge in [-0.1, -0.05) is 13.2 Å². The van der Waals surface area contributed by atoms with Crippen molar-refractivity contribution >= 4 is 0 Å². The monoisotopic (exact) mass is 98.2 g/mol. The Morgan fingerprint density at radius 2 is 3.17 bits per heavy atom. The SMILES string of the molecule is [2H]C([2H])([2H])C([2H])([2H])C([2H])([2H])C([2H])(N)C([2H])([2H])[2H]. The summed E-state index contributed by atoms with van der Waals surface area (Å²) >= 11 is 0. The number of rotatable bonds is 2. The van der Waals surface area contributed by atoms with Gasteiger partial charge in [-0.05, 0) is 13.2 Å². The van der Waals surface area contributed by atoms with Crippen LogP contribution in [0.1, 0.15) is 41.5 Å². The Balaban J connectivity index is 5.73. The first-order valence-corrected chi connectivity index (χ1v) is 1.29. The predicted molar refractivity (Wildman–Crippen MR) is 28.6 cm³/mol. The molecule has 0 aromatic rings. The molecule has 0 aromatic heterocycles. The van der Waals surface area contributed by atoms with Gasteiger partial charge < -0.3 is 5.73 Å². The number of nitrogens with two attached hydrogens (primary N) is 1. The molecule has 38 valence electrons. The highest BCUT2D eigenvalue weighted by Gasteiger charge is 1.85. The molecule has 0 aliphatic carbocycles. The van der Waals surface area contributed by atoms with Crippen molar-refractivity contribution in [3.63, 3.8) is 0 Å². The smallest absolute Gasteiger partial charge is 0.0460 e. The molecule has 0 saturated carbocycles. The highest BCUT2D eigenvalue weighted by molar-refractivity contribution is 4.47. The Kier molecular flexibility index (Phi) is 0.303. The Morgan fingerprint density at radius 1 is 2.33 bits per heavy atom. The first-order valence-electron chi connectivity index (χ1n) is 6.79. The van der Waals surface area contributed by atoms with E-state index < -0.39 is 32.5 Å². The van der Waals surface area contributed by atoms with Crippen LogP contribution in [0.5, 0.6) is 0 Å². The molecule has 2 N–H and O–H groups in total. The van der Waals surface area contributed by atoms with Gasteiger partial charge >= 0.3 is 0 Å². The van der Waals surface area contributed by atoms with Crippen LogP contribution in [0.15, 0.2) is 0 Å². The van der Waals surface area contributed by atoms with E-state index in [4.69, 9.17) is 20.8 Å². The topological polar surface area (TPSA) is 26.0 Å². The van der Waals surface area contributed by atoms with Crippen LogP contribution in [0.25, 0.3) is 0 Å². The highest BCUT2D eigenvalue weighted by Crippen LogP contribution is 1.88. The van der Waals surface area contributed by atoms with Gasteiger partial charge in [0, 0.05) is 21.1 Å². The van der Waals surface area contributed by atoms with Gasteiger partial charge in [0.2, 0.25) is 0 Å². The summed E-state index contributed by atoms with van der Waals surface area (Å²) in [5.74, 6) is 0. The molecule has 0 spiro atoms. The van der Waals surface area contributed by atoms with Crippen molar-refractivity contribution in [1.29, 1.82) is 0 Å². The molecule has 0 fully saturated rings. The first-order chi connectivity index (χ1) is 7.00. The summed E-state index contributed by atoms with van der Waals surface area (Å²) in [6.07, 6.45) is -7.15. The van der Waals surface area contributed by atoms with E-state index in [9.17, 15) is 0 Å². The number of hydrogen-bond donors (Lipinski definition) is 1. The average Bonchev–Trinajstić information content (AvgIpc) is 1.98. The van der Waals surface area contributed by atoms with E-state index in [1.165, 1.54) is 0 Å². The zero-order chi connectivity index (χ0) is 14.5. The van der Waals surface area contributed by atoms with Crippen LogP contribution >= 0.6 is 0 Å². The molecule has 0 aliphatic rings. The van der Waals surface area contributed by atoms with Gasteiger partial charge in [-0.25, -0.2) is 0 Å². The van der Waals surface area contributed by atoms with Crippen LogP contribution in [0.3, 0.4) is 0 Å². The lowest BCUT2D eigenvalue weighted by molar-refractivity contribution is 0.653. The van der Waals surface area contributed by atoms with Crippen LogP contribution in [0.4, 0.5) is 0 Å². The van der Waals surface area contributed by atoms with Gasteiger partial charge in [-0.2, -0.15) is 0 Å². The van der Waals surface area contributed by atoms with Gasteiger partial charge in [0.15, 0.2) is 0 Å². The highest BCUT2D eigenvalue weighted by atomic mass is 14.6. The van der Waals surface area contributed by atoms with Crippen molar-refractivity contribution in [1.82, 2.24) is 0 Å². The molecule has 0 bridgehead atoms. The molecule has 1 unspecified atom stereocenters. The van der Waals surface area contributed by atoms with E-state index in [0.717, 1.165) is 0 Å².